The maximum absolute atomic E-state index is 11.4. The quantitative estimate of drug-likeness (QED) is 0.556. The number of halogens is 2. The summed E-state index contributed by atoms with van der Waals surface area (Å²) in [6, 6.07) is 13.2. The lowest BCUT2D eigenvalue weighted by molar-refractivity contribution is 0.597. The van der Waals surface area contributed by atoms with Crippen molar-refractivity contribution in [2.45, 2.75) is 11.4 Å². The molecule has 0 amide bonds. The van der Waals surface area contributed by atoms with E-state index in [1.807, 2.05) is 0 Å². The zero-order chi connectivity index (χ0) is 19.4. The summed E-state index contributed by atoms with van der Waals surface area (Å²) in [5.41, 5.74) is 1.44. The van der Waals surface area contributed by atoms with Crippen LogP contribution < -0.4 is 15.8 Å². The van der Waals surface area contributed by atoms with Crippen LogP contribution >= 0.6 is 23.2 Å². The Kier molecular flexibility index (Phi) is 5.81. The average Bonchev–Trinajstić information content (AvgIpc) is 2.59. The summed E-state index contributed by atoms with van der Waals surface area (Å²) < 4.78 is 22.9. The highest BCUT2D eigenvalue weighted by atomic mass is 35.5. The van der Waals surface area contributed by atoms with Crippen LogP contribution in [-0.4, -0.2) is 18.4 Å². The summed E-state index contributed by atoms with van der Waals surface area (Å²) in [6.45, 7) is 0.364. The summed E-state index contributed by atoms with van der Waals surface area (Å²) in [6.07, 6.45) is 1.40. The van der Waals surface area contributed by atoms with Crippen molar-refractivity contribution >= 4 is 50.5 Å². The molecule has 0 radical (unpaired) electrons. The van der Waals surface area contributed by atoms with Crippen molar-refractivity contribution in [1.82, 2.24) is 9.97 Å². The normalized spacial score (nSPS) is 11.2. The van der Waals surface area contributed by atoms with Gasteiger partial charge in [-0.15, -0.1) is 0 Å². The predicted octanol–water partition coefficient (Wildman–Crippen LogP) is 3.79. The SMILES string of the molecule is NS(=O)(=O)c1cccc(CNc2cc(Nc3cc(Cl)cc(Cl)c3)ncn2)c1. The molecule has 1 heterocycles. The minimum Gasteiger partial charge on any atom is -0.366 e. The van der Waals surface area contributed by atoms with Crippen molar-refractivity contribution in [3.05, 3.63) is 70.5 Å². The van der Waals surface area contributed by atoms with E-state index in [0.29, 0.717) is 33.9 Å². The number of nitrogens with one attached hydrogen (secondary N) is 2. The zero-order valence-electron chi connectivity index (χ0n) is 13.9. The second kappa shape index (κ2) is 8.10. The average molecular weight is 424 g/mol. The van der Waals surface area contributed by atoms with E-state index in [0.717, 1.165) is 5.56 Å². The van der Waals surface area contributed by atoms with Gasteiger partial charge in [-0.2, -0.15) is 0 Å². The minimum absolute atomic E-state index is 0.0599. The van der Waals surface area contributed by atoms with Crippen molar-refractivity contribution < 1.29 is 8.42 Å². The van der Waals surface area contributed by atoms with Crippen molar-refractivity contribution in [1.29, 1.82) is 0 Å². The molecule has 0 unspecified atom stereocenters. The molecule has 0 fully saturated rings. The van der Waals surface area contributed by atoms with Gasteiger partial charge in [0.1, 0.15) is 18.0 Å². The number of primary sulfonamides is 1. The van der Waals surface area contributed by atoms with Crippen LogP contribution in [0.5, 0.6) is 0 Å². The number of sulfonamides is 1. The van der Waals surface area contributed by atoms with Gasteiger partial charge in [0.05, 0.1) is 4.90 Å². The monoisotopic (exact) mass is 423 g/mol. The number of aromatic nitrogens is 2. The van der Waals surface area contributed by atoms with E-state index >= 15 is 0 Å². The fraction of sp³-hybridized carbons (Fsp3) is 0.0588. The van der Waals surface area contributed by atoms with Crippen LogP contribution in [0.4, 0.5) is 17.3 Å². The van der Waals surface area contributed by atoms with Gasteiger partial charge in [0, 0.05) is 28.3 Å². The lowest BCUT2D eigenvalue weighted by atomic mass is 10.2. The van der Waals surface area contributed by atoms with E-state index in [4.69, 9.17) is 28.3 Å². The fourth-order valence-corrected chi connectivity index (χ4v) is 3.43. The van der Waals surface area contributed by atoms with Crippen molar-refractivity contribution in [2.24, 2.45) is 5.14 Å². The summed E-state index contributed by atoms with van der Waals surface area (Å²) in [5.74, 6) is 1.10. The highest BCUT2D eigenvalue weighted by Crippen LogP contribution is 2.25. The first kappa shape index (κ1) is 19.4. The molecular formula is C17H15Cl2N5O2S. The first-order valence-corrected chi connectivity index (χ1v) is 10.0. The largest absolute Gasteiger partial charge is 0.366 e. The van der Waals surface area contributed by atoms with Crippen molar-refractivity contribution in [3.8, 4) is 0 Å². The van der Waals surface area contributed by atoms with E-state index < -0.39 is 10.0 Å². The van der Waals surface area contributed by atoms with E-state index in [9.17, 15) is 8.42 Å². The van der Waals surface area contributed by atoms with Gasteiger partial charge in [0.25, 0.3) is 0 Å². The first-order chi connectivity index (χ1) is 12.8. The molecule has 4 N–H and O–H groups in total. The molecule has 0 aliphatic rings. The van der Waals surface area contributed by atoms with Crippen LogP contribution in [0.15, 0.2) is 59.8 Å². The maximum Gasteiger partial charge on any atom is 0.238 e. The van der Waals surface area contributed by atoms with Gasteiger partial charge in [-0.1, -0.05) is 35.3 Å². The Morgan fingerprint density at radius 3 is 2.37 bits per heavy atom. The summed E-state index contributed by atoms with van der Waals surface area (Å²) in [5, 5.41) is 12.4. The molecule has 7 nitrogen and oxygen atoms in total. The van der Waals surface area contributed by atoms with Gasteiger partial charge in [-0.25, -0.2) is 23.5 Å². The fourth-order valence-electron chi connectivity index (χ4n) is 2.32. The molecule has 3 rings (SSSR count). The van der Waals surface area contributed by atoms with Gasteiger partial charge < -0.3 is 10.6 Å². The molecule has 0 aliphatic carbocycles. The maximum atomic E-state index is 11.4. The third-order valence-electron chi connectivity index (χ3n) is 3.50. The summed E-state index contributed by atoms with van der Waals surface area (Å²) in [7, 11) is -3.74. The third-order valence-corrected chi connectivity index (χ3v) is 4.85. The van der Waals surface area contributed by atoms with E-state index in [-0.39, 0.29) is 4.90 Å². The van der Waals surface area contributed by atoms with Gasteiger partial charge in [0.2, 0.25) is 10.0 Å². The molecule has 1 aromatic heterocycles. The number of nitrogens with two attached hydrogens (primary N) is 1. The topological polar surface area (TPSA) is 110 Å². The number of rotatable bonds is 6. The first-order valence-electron chi connectivity index (χ1n) is 7.70. The molecule has 0 spiro atoms. The molecule has 0 saturated heterocycles. The van der Waals surface area contributed by atoms with Gasteiger partial charge >= 0.3 is 0 Å². The third kappa shape index (κ3) is 5.54. The molecule has 27 heavy (non-hydrogen) atoms. The Labute approximate surface area is 166 Å². The van der Waals surface area contributed by atoms with Crippen molar-refractivity contribution in [3.63, 3.8) is 0 Å². The Balaban J connectivity index is 1.71. The Bertz CT molecular complexity index is 1060. The van der Waals surface area contributed by atoms with Crippen LogP contribution in [0, 0.1) is 0 Å². The highest BCUT2D eigenvalue weighted by molar-refractivity contribution is 7.89. The van der Waals surface area contributed by atoms with Crippen LogP contribution in [0.3, 0.4) is 0 Å². The Morgan fingerprint density at radius 2 is 1.67 bits per heavy atom. The van der Waals surface area contributed by atoms with Crippen LogP contribution in [-0.2, 0) is 16.6 Å². The van der Waals surface area contributed by atoms with E-state index in [1.54, 1.807) is 36.4 Å². The predicted molar refractivity (Wildman–Crippen MR) is 107 cm³/mol. The minimum atomic E-state index is -3.74. The number of anilines is 3. The Hall–Kier alpha value is -2.39. The Morgan fingerprint density at radius 1 is 0.963 bits per heavy atom. The van der Waals surface area contributed by atoms with Gasteiger partial charge in [-0.3, -0.25) is 0 Å². The molecule has 3 aromatic rings. The standard InChI is InChI=1S/C17H15Cl2N5O2S/c18-12-5-13(19)7-14(6-12)24-17-8-16(22-10-23-17)21-9-11-2-1-3-15(4-11)27(20,25)26/h1-8,10H,9H2,(H2,20,25,26)(H2,21,22,23,24). The van der Waals surface area contributed by atoms with Crippen LogP contribution in [0.1, 0.15) is 5.56 Å². The second-order valence-electron chi connectivity index (χ2n) is 5.62. The molecule has 2 aromatic carbocycles. The van der Waals surface area contributed by atoms with E-state index in [2.05, 4.69) is 20.6 Å². The number of hydrogen-bond acceptors (Lipinski definition) is 6. The van der Waals surface area contributed by atoms with E-state index in [1.165, 1.54) is 18.5 Å². The molecule has 0 aliphatic heterocycles. The molecule has 0 saturated carbocycles. The number of nitrogens with zero attached hydrogens (tertiary/aromatic N) is 2. The lowest BCUT2D eigenvalue weighted by Crippen LogP contribution is -2.12. The van der Waals surface area contributed by atoms with Gasteiger partial charge in [-0.05, 0) is 35.9 Å². The van der Waals surface area contributed by atoms with Crippen LogP contribution in [0.25, 0.3) is 0 Å². The van der Waals surface area contributed by atoms with Crippen LogP contribution in [0.2, 0.25) is 10.0 Å². The lowest BCUT2D eigenvalue weighted by Gasteiger charge is -2.10. The molecule has 10 heteroatoms. The number of benzene rings is 2. The summed E-state index contributed by atoms with van der Waals surface area (Å²) >= 11 is 12.0. The smallest absolute Gasteiger partial charge is 0.238 e. The molecule has 140 valence electrons. The summed E-state index contributed by atoms with van der Waals surface area (Å²) in [4.78, 5) is 8.36. The molecular weight excluding hydrogens is 409 g/mol. The molecule has 0 bridgehead atoms. The second-order valence-corrected chi connectivity index (χ2v) is 8.05. The molecule has 0 atom stereocenters. The van der Waals surface area contributed by atoms with Crippen molar-refractivity contribution in [2.75, 3.05) is 10.6 Å². The van der Waals surface area contributed by atoms with Gasteiger partial charge in [0.15, 0.2) is 0 Å². The highest BCUT2D eigenvalue weighted by Gasteiger charge is 2.08. The number of hydrogen-bond donors (Lipinski definition) is 3. The zero-order valence-corrected chi connectivity index (χ0v) is 16.2.